The molecule has 0 aliphatic carbocycles. The molecule has 0 spiro atoms. The molecule has 2 N–H and O–H groups in total. The largest absolute Gasteiger partial charge is 0.327 e. The molecule has 1 atom stereocenters. The highest BCUT2D eigenvalue weighted by Crippen LogP contribution is 2.24. The lowest BCUT2D eigenvalue weighted by molar-refractivity contribution is -0.118. The van der Waals surface area contributed by atoms with E-state index < -0.39 is 0 Å². The molecule has 0 bridgehead atoms. The normalized spacial score (nSPS) is 13.6. The van der Waals surface area contributed by atoms with E-state index in [1.54, 1.807) is 11.3 Å². The second-order valence-electron chi connectivity index (χ2n) is 6.52. The topological polar surface area (TPSA) is 56.0 Å². The van der Waals surface area contributed by atoms with Crippen LogP contribution in [-0.4, -0.2) is 16.8 Å². The molecule has 0 aliphatic rings. The summed E-state index contributed by atoms with van der Waals surface area (Å²) in [4.78, 5) is 16.6. The Morgan fingerprint density at radius 2 is 2.05 bits per heavy atom. The van der Waals surface area contributed by atoms with Crippen molar-refractivity contribution in [2.24, 2.45) is 11.1 Å². The maximum Gasteiger partial charge on any atom is 0.141 e. The van der Waals surface area contributed by atoms with Crippen molar-refractivity contribution < 1.29 is 4.79 Å². The third kappa shape index (κ3) is 4.39. The quantitative estimate of drug-likeness (QED) is 0.916. The number of nitrogens with zero attached hydrogens (tertiary/aromatic N) is 1. The van der Waals surface area contributed by atoms with Crippen LogP contribution >= 0.6 is 11.3 Å². The fourth-order valence-corrected chi connectivity index (χ4v) is 3.38. The van der Waals surface area contributed by atoms with Gasteiger partial charge >= 0.3 is 0 Å². The zero-order valence-corrected chi connectivity index (χ0v) is 13.2. The third-order valence-corrected chi connectivity index (χ3v) is 4.09. The Kier molecular flexibility index (Phi) is 4.55. The molecule has 0 aliphatic heterocycles. The van der Waals surface area contributed by atoms with Gasteiger partial charge < -0.3 is 5.73 Å². The number of thiazole rings is 1. The molecule has 0 fully saturated rings. The second-order valence-corrected chi connectivity index (χ2v) is 7.63. The van der Waals surface area contributed by atoms with Crippen LogP contribution in [0.2, 0.25) is 0 Å². The van der Waals surface area contributed by atoms with Crippen LogP contribution in [-0.2, 0) is 11.2 Å². The molecule has 2 rings (SSSR count). The van der Waals surface area contributed by atoms with Crippen LogP contribution in [0.5, 0.6) is 0 Å². The van der Waals surface area contributed by atoms with Crippen molar-refractivity contribution in [2.75, 3.05) is 0 Å². The average molecular weight is 290 g/mol. The van der Waals surface area contributed by atoms with Crippen LogP contribution in [0.25, 0.3) is 10.2 Å². The molecule has 0 radical (unpaired) electrons. The van der Waals surface area contributed by atoms with E-state index in [0.717, 1.165) is 21.6 Å². The zero-order valence-electron chi connectivity index (χ0n) is 12.3. The van der Waals surface area contributed by atoms with Crippen LogP contribution in [0, 0.1) is 5.41 Å². The van der Waals surface area contributed by atoms with Crippen molar-refractivity contribution in [3.05, 3.63) is 29.3 Å². The Balaban J connectivity index is 1.94. The fraction of sp³-hybridized carbons (Fsp3) is 0.500. The number of hydrogen-bond acceptors (Lipinski definition) is 4. The number of rotatable bonds is 5. The summed E-state index contributed by atoms with van der Waals surface area (Å²) in [5.74, 6) is 0.181. The van der Waals surface area contributed by atoms with E-state index in [2.05, 4.69) is 25.8 Å². The maximum absolute atomic E-state index is 12.1. The number of aromatic nitrogens is 1. The molecule has 1 unspecified atom stereocenters. The molecule has 0 saturated carbocycles. The number of nitrogens with two attached hydrogens (primary N) is 1. The molecule has 0 amide bonds. The molecule has 4 heteroatoms. The van der Waals surface area contributed by atoms with Gasteiger partial charge in [-0.25, -0.2) is 4.98 Å². The number of carbonyl (C=O) groups is 1. The van der Waals surface area contributed by atoms with E-state index in [4.69, 9.17) is 5.73 Å². The number of benzene rings is 1. The zero-order chi connectivity index (χ0) is 14.8. The summed E-state index contributed by atoms with van der Waals surface area (Å²) in [6.07, 6.45) is 1.70. The fourth-order valence-electron chi connectivity index (χ4n) is 2.39. The van der Waals surface area contributed by atoms with Gasteiger partial charge in [0, 0.05) is 12.5 Å². The summed E-state index contributed by atoms with van der Waals surface area (Å²) >= 11 is 1.59. The van der Waals surface area contributed by atoms with E-state index in [9.17, 15) is 4.79 Å². The highest BCUT2D eigenvalue weighted by atomic mass is 32.1. The minimum atomic E-state index is -0.0584. The van der Waals surface area contributed by atoms with Crippen molar-refractivity contribution in [1.82, 2.24) is 4.98 Å². The minimum Gasteiger partial charge on any atom is -0.327 e. The summed E-state index contributed by atoms with van der Waals surface area (Å²) in [5.41, 5.74) is 7.19. The molecule has 1 aromatic heterocycles. The van der Waals surface area contributed by atoms with E-state index in [1.165, 1.54) is 0 Å². The first-order chi connectivity index (χ1) is 9.33. The predicted molar refractivity (Wildman–Crippen MR) is 85.0 cm³/mol. The van der Waals surface area contributed by atoms with Gasteiger partial charge in [-0.1, -0.05) is 32.9 Å². The Labute approximate surface area is 124 Å². The second kappa shape index (κ2) is 6.02. The SMILES string of the molecule is CC(C)(C)CC(N)CC(=O)Cc1nc2ccccc2s1. The Bertz CT molecular complexity index is 565. The van der Waals surface area contributed by atoms with E-state index in [-0.39, 0.29) is 17.2 Å². The van der Waals surface area contributed by atoms with E-state index in [0.29, 0.717) is 12.8 Å². The lowest BCUT2D eigenvalue weighted by Gasteiger charge is -2.22. The first-order valence-electron chi connectivity index (χ1n) is 6.95. The van der Waals surface area contributed by atoms with Gasteiger partial charge in [0.2, 0.25) is 0 Å². The summed E-state index contributed by atoms with van der Waals surface area (Å²) in [7, 11) is 0. The molecule has 1 aromatic carbocycles. The van der Waals surface area contributed by atoms with Crippen molar-refractivity contribution in [3.63, 3.8) is 0 Å². The van der Waals surface area contributed by atoms with Gasteiger partial charge in [0.15, 0.2) is 0 Å². The smallest absolute Gasteiger partial charge is 0.141 e. The third-order valence-electron chi connectivity index (χ3n) is 3.05. The highest BCUT2D eigenvalue weighted by Gasteiger charge is 2.19. The molecule has 1 heterocycles. The van der Waals surface area contributed by atoms with Crippen LogP contribution in [0.3, 0.4) is 0 Å². The summed E-state index contributed by atoms with van der Waals surface area (Å²) in [6.45, 7) is 6.43. The lowest BCUT2D eigenvalue weighted by atomic mass is 9.86. The Morgan fingerprint density at radius 3 is 2.70 bits per heavy atom. The molecule has 0 saturated heterocycles. The number of para-hydroxylation sites is 1. The monoisotopic (exact) mass is 290 g/mol. The van der Waals surface area contributed by atoms with Gasteiger partial charge in [-0.15, -0.1) is 11.3 Å². The standard InChI is InChI=1S/C16H22N2OS/c1-16(2,3)10-11(17)8-12(19)9-15-18-13-6-4-5-7-14(13)20-15/h4-7,11H,8-10,17H2,1-3H3. The summed E-state index contributed by atoms with van der Waals surface area (Å²) in [6, 6.07) is 7.91. The van der Waals surface area contributed by atoms with Gasteiger partial charge in [-0.2, -0.15) is 0 Å². The first kappa shape index (κ1) is 15.1. The number of Topliss-reactive ketones (excluding diaryl/α,β-unsaturated/α-hetero) is 1. The van der Waals surface area contributed by atoms with E-state index in [1.807, 2.05) is 24.3 Å². The minimum absolute atomic E-state index is 0.0584. The highest BCUT2D eigenvalue weighted by molar-refractivity contribution is 7.18. The van der Waals surface area contributed by atoms with Crippen molar-refractivity contribution in [3.8, 4) is 0 Å². The van der Waals surface area contributed by atoms with Gasteiger partial charge in [0.05, 0.1) is 16.6 Å². The Hall–Kier alpha value is -1.26. The number of fused-ring (bicyclic) bond motifs is 1. The average Bonchev–Trinajstić information content (AvgIpc) is 2.67. The molecule has 2 aromatic rings. The van der Waals surface area contributed by atoms with E-state index >= 15 is 0 Å². The molecule has 3 nitrogen and oxygen atoms in total. The summed E-state index contributed by atoms with van der Waals surface area (Å²) in [5, 5.41) is 0.888. The molecule has 108 valence electrons. The molecular formula is C16H22N2OS. The maximum atomic E-state index is 12.1. The van der Waals surface area contributed by atoms with Gasteiger partial charge in [-0.05, 0) is 24.0 Å². The number of carbonyl (C=O) groups excluding carboxylic acids is 1. The van der Waals surface area contributed by atoms with Crippen LogP contribution in [0.1, 0.15) is 38.6 Å². The lowest BCUT2D eigenvalue weighted by Crippen LogP contribution is -2.29. The van der Waals surface area contributed by atoms with Crippen molar-refractivity contribution in [2.45, 2.75) is 46.1 Å². The first-order valence-corrected chi connectivity index (χ1v) is 7.77. The van der Waals surface area contributed by atoms with Crippen molar-refractivity contribution >= 4 is 27.3 Å². The van der Waals surface area contributed by atoms with Gasteiger partial charge in [0.1, 0.15) is 10.8 Å². The van der Waals surface area contributed by atoms with Gasteiger partial charge in [0.25, 0.3) is 0 Å². The Morgan fingerprint density at radius 1 is 1.35 bits per heavy atom. The summed E-state index contributed by atoms with van der Waals surface area (Å²) < 4.78 is 1.13. The number of hydrogen-bond donors (Lipinski definition) is 1. The predicted octanol–water partition coefficient (Wildman–Crippen LogP) is 3.56. The number of ketones is 1. The van der Waals surface area contributed by atoms with Crippen LogP contribution < -0.4 is 5.73 Å². The van der Waals surface area contributed by atoms with Gasteiger partial charge in [-0.3, -0.25) is 4.79 Å². The van der Waals surface area contributed by atoms with Crippen LogP contribution in [0.15, 0.2) is 24.3 Å². The van der Waals surface area contributed by atoms with Crippen LogP contribution in [0.4, 0.5) is 0 Å². The molecule has 20 heavy (non-hydrogen) atoms. The van der Waals surface area contributed by atoms with Crippen molar-refractivity contribution in [1.29, 1.82) is 0 Å². The molecular weight excluding hydrogens is 268 g/mol.